The molecule has 2 unspecified atom stereocenters. The molecule has 1 aliphatic rings. The number of nitrogens with one attached hydrogen (secondary N) is 1. The van der Waals surface area contributed by atoms with E-state index in [0.717, 1.165) is 38.2 Å². The average molecular weight is 249 g/mol. The lowest BCUT2D eigenvalue weighted by atomic mass is 10.1. The van der Waals surface area contributed by atoms with Gasteiger partial charge in [0.25, 0.3) is 0 Å². The lowest BCUT2D eigenvalue weighted by molar-refractivity contribution is 0.157. The summed E-state index contributed by atoms with van der Waals surface area (Å²) in [6.07, 6.45) is 3.82. The standard InChI is InChI=1S/C14H23N3O/c1-12-5-8-17(14(6-9-18)10-16-12)11-13-4-2-3-7-15-13/h2-4,7,12,14,16,18H,5-6,8-11H2,1H3. The van der Waals surface area contributed by atoms with E-state index in [0.29, 0.717) is 12.1 Å². The molecule has 0 bridgehead atoms. The van der Waals surface area contributed by atoms with E-state index in [9.17, 15) is 5.11 Å². The van der Waals surface area contributed by atoms with Crippen molar-refractivity contribution in [3.05, 3.63) is 30.1 Å². The summed E-state index contributed by atoms with van der Waals surface area (Å²) in [6, 6.07) is 7.00. The topological polar surface area (TPSA) is 48.4 Å². The highest BCUT2D eigenvalue weighted by Gasteiger charge is 2.23. The van der Waals surface area contributed by atoms with Crippen LogP contribution in [-0.2, 0) is 6.54 Å². The first-order valence-corrected chi connectivity index (χ1v) is 6.78. The smallest absolute Gasteiger partial charge is 0.0544 e. The Bertz CT molecular complexity index is 344. The lowest BCUT2D eigenvalue weighted by Crippen LogP contribution is -2.40. The molecule has 2 heterocycles. The minimum atomic E-state index is 0.249. The quantitative estimate of drug-likeness (QED) is 0.836. The van der Waals surface area contributed by atoms with Gasteiger partial charge in [-0.05, 0) is 31.9 Å². The van der Waals surface area contributed by atoms with Gasteiger partial charge in [-0.3, -0.25) is 9.88 Å². The van der Waals surface area contributed by atoms with E-state index in [4.69, 9.17) is 0 Å². The van der Waals surface area contributed by atoms with E-state index < -0.39 is 0 Å². The second-order valence-electron chi connectivity index (χ2n) is 5.06. The first-order chi connectivity index (χ1) is 8.79. The maximum atomic E-state index is 9.19. The molecule has 0 spiro atoms. The highest BCUT2D eigenvalue weighted by atomic mass is 16.3. The Morgan fingerprint density at radius 3 is 3.11 bits per heavy atom. The summed E-state index contributed by atoms with van der Waals surface area (Å²) in [5.74, 6) is 0. The molecule has 100 valence electrons. The van der Waals surface area contributed by atoms with E-state index >= 15 is 0 Å². The highest BCUT2D eigenvalue weighted by Crippen LogP contribution is 2.13. The Morgan fingerprint density at radius 2 is 2.39 bits per heavy atom. The SMILES string of the molecule is CC1CCN(Cc2ccccn2)C(CCO)CN1. The zero-order valence-corrected chi connectivity index (χ0v) is 11.0. The van der Waals surface area contributed by atoms with E-state index in [2.05, 4.69) is 28.2 Å². The number of nitrogens with zero attached hydrogens (tertiary/aromatic N) is 2. The summed E-state index contributed by atoms with van der Waals surface area (Å²) in [5.41, 5.74) is 1.11. The molecule has 2 rings (SSSR count). The fourth-order valence-electron chi connectivity index (χ4n) is 2.45. The van der Waals surface area contributed by atoms with Gasteiger partial charge in [0, 0.05) is 44.5 Å². The summed E-state index contributed by atoms with van der Waals surface area (Å²) in [7, 11) is 0. The summed E-state index contributed by atoms with van der Waals surface area (Å²) >= 11 is 0. The van der Waals surface area contributed by atoms with Crippen LogP contribution < -0.4 is 5.32 Å². The molecule has 0 amide bonds. The second-order valence-corrected chi connectivity index (χ2v) is 5.06. The van der Waals surface area contributed by atoms with Gasteiger partial charge in [-0.25, -0.2) is 0 Å². The zero-order chi connectivity index (χ0) is 12.8. The summed E-state index contributed by atoms with van der Waals surface area (Å²) in [5, 5.41) is 12.7. The van der Waals surface area contributed by atoms with Crippen molar-refractivity contribution in [1.82, 2.24) is 15.2 Å². The molecule has 1 fully saturated rings. The van der Waals surface area contributed by atoms with Crippen molar-refractivity contribution in [2.75, 3.05) is 19.7 Å². The van der Waals surface area contributed by atoms with Crippen molar-refractivity contribution >= 4 is 0 Å². The number of hydrogen-bond donors (Lipinski definition) is 2. The number of aliphatic hydroxyl groups is 1. The molecule has 0 saturated carbocycles. The van der Waals surface area contributed by atoms with Gasteiger partial charge < -0.3 is 10.4 Å². The van der Waals surface area contributed by atoms with Crippen molar-refractivity contribution < 1.29 is 5.11 Å². The van der Waals surface area contributed by atoms with Crippen molar-refractivity contribution in [2.45, 2.75) is 38.4 Å². The third kappa shape index (κ3) is 3.77. The first kappa shape index (κ1) is 13.5. The number of rotatable bonds is 4. The number of aliphatic hydroxyl groups excluding tert-OH is 1. The Hall–Kier alpha value is -0.970. The van der Waals surface area contributed by atoms with Crippen LogP contribution in [0.15, 0.2) is 24.4 Å². The molecule has 0 radical (unpaired) electrons. The normalized spacial score (nSPS) is 25.9. The van der Waals surface area contributed by atoms with E-state index in [1.807, 2.05) is 18.3 Å². The minimum absolute atomic E-state index is 0.249. The minimum Gasteiger partial charge on any atom is -0.396 e. The molecule has 0 aromatic carbocycles. The molecule has 2 N–H and O–H groups in total. The zero-order valence-electron chi connectivity index (χ0n) is 11.0. The van der Waals surface area contributed by atoms with E-state index in [1.54, 1.807) is 0 Å². The highest BCUT2D eigenvalue weighted by molar-refractivity contribution is 5.04. The molecule has 4 heteroatoms. The van der Waals surface area contributed by atoms with E-state index in [1.165, 1.54) is 0 Å². The third-order valence-corrected chi connectivity index (χ3v) is 3.62. The maximum Gasteiger partial charge on any atom is 0.0544 e. The van der Waals surface area contributed by atoms with Crippen LogP contribution in [0.25, 0.3) is 0 Å². The van der Waals surface area contributed by atoms with Gasteiger partial charge in [-0.2, -0.15) is 0 Å². The van der Waals surface area contributed by atoms with Gasteiger partial charge >= 0.3 is 0 Å². The lowest BCUT2D eigenvalue weighted by Gasteiger charge is -2.28. The van der Waals surface area contributed by atoms with Crippen molar-refractivity contribution in [3.8, 4) is 0 Å². The summed E-state index contributed by atoms with van der Waals surface area (Å²) < 4.78 is 0. The monoisotopic (exact) mass is 249 g/mol. The fraction of sp³-hybridized carbons (Fsp3) is 0.643. The van der Waals surface area contributed by atoms with Crippen LogP contribution in [0.3, 0.4) is 0 Å². The van der Waals surface area contributed by atoms with Crippen LogP contribution in [-0.4, -0.2) is 46.8 Å². The number of hydrogen-bond acceptors (Lipinski definition) is 4. The molecule has 1 aromatic heterocycles. The van der Waals surface area contributed by atoms with E-state index in [-0.39, 0.29) is 6.61 Å². The summed E-state index contributed by atoms with van der Waals surface area (Å²) in [6.45, 7) is 5.36. The van der Waals surface area contributed by atoms with Crippen LogP contribution >= 0.6 is 0 Å². The van der Waals surface area contributed by atoms with Gasteiger partial charge in [0.2, 0.25) is 0 Å². The average Bonchev–Trinajstić information content (AvgIpc) is 2.56. The maximum absolute atomic E-state index is 9.19. The largest absolute Gasteiger partial charge is 0.396 e. The van der Waals surface area contributed by atoms with Crippen LogP contribution in [0, 0.1) is 0 Å². The van der Waals surface area contributed by atoms with Crippen LogP contribution in [0.4, 0.5) is 0 Å². The van der Waals surface area contributed by atoms with Crippen LogP contribution in [0.1, 0.15) is 25.5 Å². The van der Waals surface area contributed by atoms with Gasteiger partial charge in [0.15, 0.2) is 0 Å². The van der Waals surface area contributed by atoms with Gasteiger partial charge in [-0.15, -0.1) is 0 Å². The van der Waals surface area contributed by atoms with Crippen molar-refractivity contribution in [3.63, 3.8) is 0 Å². The van der Waals surface area contributed by atoms with Crippen molar-refractivity contribution in [2.24, 2.45) is 0 Å². The van der Waals surface area contributed by atoms with Gasteiger partial charge in [-0.1, -0.05) is 6.07 Å². The van der Waals surface area contributed by atoms with Crippen LogP contribution in [0.2, 0.25) is 0 Å². The number of aromatic nitrogens is 1. The molecule has 0 aliphatic carbocycles. The van der Waals surface area contributed by atoms with Crippen LogP contribution in [0.5, 0.6) is 0 Å². The Labute approximate surface area is 109 Å². The summed E-state index contributed by atoms with van der Waals surface area (Å²) in [4.78, 5) is 6.83. The predicted molar refractivity (Wildman–Crippen MR) is 72.2 cm³/mol. The fourth-order valence-corrected chi connectivity index (χ4v) is 2.45. The first-order valence-electron chi connectivity index (χ1n) is 6.78. The Kier molecular flexibility index (Phi) is 5.11. The Morgan fingerprint density at radius 1 is 1.50 bits per heavy atom. The molecule has 1 saturated heterocycles. The number of pyridine rings is 1. The molecule has 1 aliphatic heterocycles. The van der Waals surface area contributed by atoms with Gasteiger partial charge in [0.1, 0.15) is 0 Å². The molecule has 2 atom stereocenters. The molecular weight excluding hydrogens is 226 g/mol. The predicted octanol–water partition coefficient (Wildman–Crippen LogP) is 1.02. The molecular formula is C14H23N3O. The molecule has 4 nitrogen and oxygen atoms in total. The second kappa shape index (κ2) is 6.83. The van der Waals surface area contributed by atoms with Gasteiger partial charge in [0.05, 0.1) is 5.69 Å². The molecule has 18 heavy (non-hydrogen) atoms. The Balaban J connectivity index is 2.02. The third-order valence-electron chi connectivity index (χ3n) is 3.62. The molecule has 1 aromatic rings. The van der Waals surface area contributed by atoms with Crippen molar-refractivity contribution in [1.29, 1.82) is 0 Å².